The lowest BCUT2D eigenvalue weighted by Crippen LogP contribution is -2.20. The number of Topliss-reactive ketones (excluding diaryl/α,β-unsaturated/α-hetero) is 1. The molecule has 128 valence electrons. The number of rotatable bonds is 7. The van der Waals surface area contributed by atoms with Gasteiger partial charge in [0.05, 0.1) is 13.7 Å². The van der Waals surface area contributed by atoms with E-state index in [0.29, 0.717) is 17.9 Å². The van der Waals surface area contributed by atoms with Crippen LogP contribution < -0.4 is 9.64 Å². The molecule has 0 aliphatic rings. The molecule has 0 radical (unpaired) electrons. The van der Waals surface area contributed by atoms with Gasteiger partial charge >= 0.3 is 0 Å². The molecule has 5 heteroatoms. The number of allylic oxidation sites excluding steroid dienone is 1. The fraction of sp³-hybridized carbons (Fsp3) is 0.200. The van der Waals surface area contributed by atoms with Gasteiger partial charge in [-0.25, -0.2) is 0 Å². The van der Waals surface area contributed by atoms with Crippen LogP contribution in [0, 0.1) is 11.3 Å². The number of ether oxygens (including phenoxy) is 1. The first-order chi connectivity index (χ1) is 12.1. The standard InChI is InChI=1S/C20H20N2O3/c1-22(10-11-23)18-8-6-15(7-9-18)12-17(14-21)20(24)16-4-3-5-19(13-16)25-2/h3-9,12-13,23H,10-11H2,1-2H3/b17-12+. The highest BCUT2D eigenvalue weighted by Gasteiger charge is 2.13. The highest BCUT2D eigenvalue weighted by atomic mass is 16.5. The van der Waals surface area contributed by atoms with Gasteiger partial charge in [-0.1, -0.05) is 24.3 Å². The second-order valence-corrected chi connectivity index (χ2v) is 5.47. The summed E-state index contributed by atoms with van der Waals surface area (Å²) < 4.78 is 5.12. The van der Waals surface area contributed by atoms with Gasteiger partial charge in [-0.05, 0) is 35.9 Å². The van der Waals surface area contributed by atoms with E-state index in [1.54, 1.807) is 30.3 Å². The van der Waals surface area contributed by atoms with Gasteiger partial charge in [-0.3, -0.25) is 4.79 Å². The normalized spacial score (nSPS) is 10.9. The van der Waals surface area contributed by atoms with Crippen LogP contribution in [-0.2, 0) is 0 Å². The van der Waals surface area contributed by atoms with Crippen LogP contribution in [0.2, 0.25) is 0 Å². The molecule has 2 aromatic carbocycles. The van der Waals surface area contributed by atoms with Crippen LogP contribution in [0.1, 0.15) is 15.9 Å². The molecule has 0 heterocycles. The van der Waals surface area contributed by atoms with Crippen molar-refractivity contribution in [3.05, 3.63) is 65.2 Å². The van der Waals surface area contributed by atoms with Crippen molar-refractivity contribution >= 4 is 17.5 Å². The van der Waals surface area contributed by atoms with Crippen molar-refractivity contribution in [2.24, 2.45) is 0 Å². The molecule has 0 aliphatic heterocycles. The Morgan fingerprint density at radius 2 is 2.00 bits per heavy atom. The van der Waals surface area contributed by atoms with Crippen molar-refractivity contribution in [3.63, 3.8) is 0 Å². The van der Waals surface area contributed by atoms with Crippen LogP contribution in [0.5, 0.6) is 5.75 Å². The Balaban J connectivity index is 2.24. The summed E-state index contributed by atoms with van der Waals surface area (Å²) in [5, 5.41) is 18.3. The fourth-order valence-electron chi connectivity index (χ4n) is 2.34. The summed E-state index contributed by atoms with van der Waals surface area (Å²) in [5.41, 5.74) is 2.17. The van der Waals surface area contributed by atoms with Gasteiger partial charge in [0.15, 0.2) is 0 Å². The minimum Gasteiger partial charge on any atom is -0.497 e. The molecule has 0 aromatic heterocycles. The number of hydrogen-bond acceptors (Lipinski definition) is 5. The number of methoxy groups -OCH3 is 1. The minimum absolute atomic E-state index is 0.0599. The summed E-state index contributed by atoms with van der Waals surface area (Å²) in [4.78, 5) is 14.4. The van der Waals surface area contributed by atoms with Gasteiger partial charge in [0.2, 0.25) is 5.78 Å². The number of ketones is 1. The van der Waals surface area contributed by atoms with Crippen molar-refractivity contribution in [1.29, 1.82) is 5.26 Å². The van der Waals surface area contributed by atoms with Gasteiger partial charge in [-0.15, -0.1) is 0 Å². The van der Waals surface area contributed by atoms with Crippen molar-refractivity contribution in [2.75, 3.05) is 32.2 Å². The monoisotopic (exact) mass is 336 g/mol. The SMILES string of the molecule is COc1cccc(C(=O)/C(C#N)=C/c2ccc(N(C)CCO)cc2)c1. The number of likely N-dealkylation sites (N-methyl/N-ethyl adjacent to an activating group) is 1. The quantitative estimate of drug-likeness (QED) is 0.478. The van der Waals surface area contributed by atoms with Gasteiger partial charge in [-0.2, -0.15) is 5.26 Å². The molecule has 0 aliphatic carbocycles. The topological polar surface area (TPSA) is 73.6 Å². The smallest absolute Gasteiger partial charge is 0.203 e. The van der Waals surface area contributed by atoms with Crippen molar-refractivity contribution in [2.45, 2.75) is 0 Å². The Labute approximate surface area is 147 Å². The van der Waals surface area contributed by atoms with Crippen LogP contribution in [-0.4, -0.2) is 38.2 Å². The third kappa shape index (κ3) is 4.69. The average molecular weight is 336 g/mol. The number of carbonyl (C=O) groups is 1. The first-order valence-electron chi connectivity index (χ1n) is 7.81. The van der Waals surface area contributed by atoms with Crippen LogP contribution >= 0.6 is 0 Å². The molecule has 0 bridgehead atoms. The fourth-order valence-corrected chi connectivity index (χ4v) is 2.34. The Bertz CT molecular complexity index is 804. The predicted molar refractivity (Wildman–Crippen MR) is 97.7 cm³/mol. The summed E-state index contributed by atoms with van der Waals surface area (Å²) in [6.07, 6.45) is 1.57. The molecular formula is C20H20N2O3. The lowest BCUT2D eigenvalue weighted by Gasteiger charge is -2.17. The number of nitrogens with zero attached hydrogens (tertiary/aromatic N) is 2. The lowest BCUT2D eigenvalue weighted by atomic mass is 10.0. The van der Waals surface area contributed by atoms with E-state index in [4.69, 9.17) is 9.84 Å². The Morgan fingerprint density at radius 3 is 2.60 bits per heavy atom. The van der Waals surface area contributed by atoms with E-state index in [-0.39, 0.29) is 18.0 Å². The average Bonchev–Trinajstić information content (AvgIpc) is 2.66. The molecule has 0 fully saturated rings. The highest BCUT2D eigenvalue weighted by Crippen LogP contribution is 2.19. The zero-order valence-electron chi connectivity index (χ0n) is 14.3. The van der Waals surface area contributed by atoms with Gasteiger partial charge in [0, 0.05) is 24.8 Å². The number of hydrogen-bond donors (Lipinski definition) is 1. The largest absolute Gasteiger partial charge is 0.497 e. The lowest BCUT2D eigenvalue weighted by molar-refractivity contribution is 0.103. The van der Waals surface area contributed by atoms with Gasteiger partial charge in [0.25, 0.3) is 0 Å². The number of anilines is 1. The molecule has 0 saturated heterocycles. The van der Waals surface area contributed by atoms with E-state index in [1.165, 1.54) is 7.11 Å². The maximum atomic E-state index is 12.5. The summed E-state index contributed by atoms with van der Waals surface area (Å²) in [5.74, 6) is 0.224. The minimum atomic E-state index is -0.345. The third-order valence-electron chi connectivity index (χ3n) is 3.78. The first-order valence-corrected chi connectivity index (χ1v) is 7.81. The Kier molecular flexibility index (Phi) is 6.33. The number of carbonyl (C=O) groups excluding carboxylic acids is 1. The van der Waals surface area contributed by atoms with Crippen molar-refractivity contribution < 1.29 is 14.6 Å². The number of aliphatic hydroxyl groups excluding tert-OH is 1. The molecule has 5 nitrogen and oxygen atoms in total. The van der Waals surface area contributed by atoms with E-state index in [9.17, 15) is 10.1 Å². The molecule has 1 N–H and O–H groups in total. The van der Waals surface area contributed by atoms with E-state index in [1.807, 2.05) is 42.3 Å². The van der Waals surface area contributed by atoms with Crippen molar-refractivity contribution in [3.8, 4) is 11.8 Å². The van der Waals surface area contributed by atoms with E-state index in [0.717, 1.165) is 11.3 Å². The van der Waals surface area contributed by atoms with Crippen LogP contribution in [0.3, 0.4) is 0 Å². The molecule has 2 aromatic rings. The molecule has 0 spiro atoms. The van der Waals surface area contributed by atoms with Crippen molar-refractivity contribution in [1.82, 2.24) is 0 Å². The first kappa shape index (κ1) is 18.2. The zero-order chi connectivity index (χ0) is 18.2. The molecular weight excluding hydrogens is 316 g/mol. The molecule has 0 saturated carbocycles. The van der Waals surface area contributed by atoms with Gasteiger partial charge in [0.1, 0.15) is 17.4 Å². The maximum absolute atomic E-state index is 12.5. The molecule has 0 amide bonds. The van der Waals surface area contributed by atoms with Gasteiger partial charge < -0.3 is 14.7 Å². The van der Waals surface area contributed by atoms with E-state index < -0.39 is 0 Å². The Morgan fingerprint density at radius 1 is 1.28 bits per heavy atom. The number of nitriles is 1. The van der Waals surface area contributed by atoms with E-state index in [2.05, 4.69) is 0 Å². The molecule has 2 rings (SSSR count). The summed E-state index contributed by atoms with van der Waals surface area (Å²) in [6, 6.07) is 16.1. The molecule has 25 heavy (non-hydrogen) atoms. The number of aliphatic hydroxyl groups is 1. The molecule has 0 atom stereocenters. The second-order valence-electron chi connectivity index (χ2n) is 5.47. The summed E-state index contributed by atoms with van der Waals surface area (Å²) in [7, 11) is 3.41. The molecule has 0 unspecified atom stereocenters. The summed E-state index contributed by atoms with van der Waals surface area (Å²) >= 11 is 0. The Hall–Kier alpha value is -3.10. The predicted octanol–water partition coefficient (Wildman–Crippen LogP) is 2.91. The van der Waals surface area contributed by atoms with Crippen LogP contribution in [0.15, 0.2) is 54.1 Å². The van der Waals surface area contributed by atoms with E-state index >= 15 is 0 Å². The zero-order valence-corrected chi connectivity index (χ0v) is 14.3. The van der Waals surface area contributed by atoms with Crippen LogP contribution in [0.25, 0.3) is 6.08 Å². The van der Waals surface area contributed by atoms with Crippen LogP contribution in [0.4, 0.5) is 5.69 Å². The maximum Gasteiger partial charge on any atom is 0.203 e. The number of benzene rings is 2. The second kappa shape index (κ2) is 8.67. The third-order valence-corrected chi connectivity index (χ3v) is 3.78. The highest BCUT2D eigenvalue weighted by molar-refractivity contribution is 6.14. The summed E-state index contributed by atoms with van der Waals surface area (Å²) in [6.45, 7) is 0.610.